The van der Waals surface area contributed by atoms with Crippen LogP contribution in [0.4, 0.5) is 0 Å². The van der Waals surface area contributed by atoms with Gasteiger partial charge in [0, 0.05) is 25.6 Å². The number of hydrogen-bond donors (Lipinski definition) is 1. The molecule has 0 aromatic carbocycles. The van der Waals surface area contributed by atoms with E-state index in [-0.39, 0.29) is 11.8 Å². The van der Waals surface area contributed by atoms with Crippen molar-refractivity contribution < 1.29 is 14.0 Å². The lowest BCUT2D eigenvalue weighted by atomic mass is 10.0. The summed E-state index contributed by atoms with van der Waals surface area (Å²) in [7, 11) is 2.15. The van der Waals surface area contributed by atoms with Crippen LogP contribution in [0.3, 0.4) is 0 Å². The number of nitrogens with zero attached hydrogens (tertiary/aromatic N) is 2. The smallest absolute Gasteiger partial charge is 0.289 e. The van der Waals surface area contributed by atoms with Gasteiger partial charge in [-0.25, -0.2) is 0 Å². The summed E-state index contributed by atoms with van der Waals surface area (Å²) in [5.41, 5.74) is 0. The first-order valence-corrected chi connectivity index (χ1v) is 8.40. The molecule has 2 aliphatic rings. The monoisotopic (exact) mass is 319 g/mol. The van der Waals surface area contributed by atoms with Gasteiger partial charge in [-0.2, -0.15) is 0 Å². The minimum atomic E-state index is -0.113. The Morgan fingerprint density at radius 3 is 2.65 bits per heavy atom. The van der Waals surface area contributed by atoms with E-state index in [1.807, 2.05) is 4.90 Å². The normalized spacial score (nSPS) is 25.0. The molecule has 0 spiro atoms. The van der Waals surface area contributed by atoms with Crippen LogP contribution in [0.25, 0.3) is 0 Å². The van der Waals surface area contributed by atoms with E-state index in [0.717, 1.165) is 32.4 Å². The van der Waals surface area contributed by atoms with Crippen molar-refractivity contribution in [3.63, 3.8) is 0 Å². The van der Waals surface area contributed by atoms with Crippen molar-refractivity contribution in [1.82, 2.24) is 15.1 Å². The minimum Gasteiger partial charge on any atom is -0.454 e. The molecule has 0 radical (unpaired) electrons. The number of carbonyl (C=O) groups excluding carboxylic acids is 2. The molecular formula is C17H25N3O3. The zero-order chi connectivity index (χ0) is 16.4. The summed E-state index contributed by atoms with van der Waals surface area (Å²) in [6, 6.07) is 4.23. The van der Waals surface area contributed by atoms with Gasteiger partial charge >= 0.3 is 0 Å². The number of furan rings is 1. The fraction of sp³-hybridized carbons (Fsp3) is 0.647. The Kier molecular flexibility index (Phi) is 4.71. The van der Waals surface area contributed by atoms with Gasteiger partial charge in [0.1, 0.15) is 5.76 Å². The van der Waals surface area contributed by atoms with Crippen LogP contribution in [-0.2, 0) is 11.3 Å². The van der Waals surface area contributed by atoms with Crippen LogP contribution in [0.1, 0.15) is 48.9 Å². The van der Waals surface area contributed by atoms with Crippen molar-refractivity contribution >= 4 is 11.8 Å². The molecule has 2 atom stereocenters. The van der Waals surface area contributed by atoms with E-state index in [1.54, 1.807) is 12.1 Å². The average Bonchev–Trinajstić information content (AvgIpc) is 3.24. The second kappa shape index (κ2) is 6.74. The predicted molar refractivity (Wildman–Crippen MR) is 85.9 cm³/mol. The fourth-order valence-electron chi connectivity index (χ4n) is 3.81. The lowest BCUT2D eigenvalue weighted by molar-refractivity contribution is -0.119. The van der Waals surface area contributed by atoms with Gasteiger partial charge in [0.05, 0.1) is 6.54 Å². The number of hydrogen-bond acceptors (Lipinski definition) is 4. The van der Waals surface area contributed by atoms with Gasteiger partial charge in [-0.1, -0.05) is 0 Å². The van der Waals surface area contributed by atoms with Gasteiger partial charge in [-0.3, -0.25) is 9.59 Å². The SMILES string of the molecule is CC(=O)NCc1ccc(C(=O)N2CCCC2C2CCCN2C)o1. The molecule has 2 unspecified atom stereocenters. The Bertz CT molecular complexity index is 583. The largest absolute Gasteiger partial charge is 0.454 e. The predicted octanol–water partition coefficient (Wildman–Crippen LogP) is 1.61. The van der Waals surface area contributed by atoms with E-state index < -0.39 is 0 Å². The zero-order valence-corrected chi connectivity index (χ0v) is 13.9. The van der Waals surface area contributed by atoms with Crippen molar-refractivity contribution in [3.05, 3.63) is 23.7 Å². The van der Waals surface area contributed by atoms with Crippen molar-refractivity contribution in [2.45, 2.75) is 51.2 Å². The quantitative estimate of drug-likeness (QED) is 0.916. The van der Waals surface area contributed by atoms with Crippen LogP contribution in [-0.4, -0.2) is 53.8 Å². The molecule has 0 saturated carbocycles. The lowest BCUT2D eigenvalue weighted by Gasteiger charge is -2.32. The molecule has 6 nitrogen and oxygen atoms in total. The molecule has 1 aromatic heterocycles. The first-order valence-electron chi connectivity index (χ1n) is 8.40. The molecule has 3 rings (SSSR count). The number of likely N-dealkylation sites (tertiary alicyclic amines) is 2. The Balaban J connectivity index is 1.68. The number of amides is 2. The second-order valence-electron chi connectivity index (χ2n) is 6.57. The molecule has 1 aromatic rings. The summed E-state index contributed by atoms with van der Waals surface area (Å²) < 4.78 is 5.63. The summed E-state index contributed by atoms with van der Waals surface area (Å²) in [4.78, 5) is 28.1. The molecular weight excluding hydrogens is 294 g/mol. The molecule has 3 heterocycles. The second-order valence-corrected chi connectivity index (χ2v) is 6.57. The van der Waals surface area contributed by atoms with Gasteiger partial charge in [-0.15, -0.1) is 0 Å². The van der Waals surface area contributed by atoms with E-state index >= 15 is 0 Å². The fourth-order valence-corrected chi connectivity index (χ4v) is 3.81. The minimum absolute atomic E-state index is 0.0260. The summed E-state index contributed by atoms with van der Waals surface area (Å²) in [5.74, 6) is 0.843. The highest BCUT2D eigenvalue weighted by Gasteiger charge is 2.39. The summed E-state index contributed by atoms with van der Waals surface area (Å²) in [6.07, 6.45) is 4.50. The third-order valence-electron chi connectivity index (χ3n) is 4.97. The van der Waals surface area contributed by atoms with E-state index in [0.29, 0.717) is 30.1 Å². The van der Waals surface area contributed by atoms with Crippen molar-refractivity contribution in [2.24, 2.45) is 0 Å². The van der Waals surface area contributed by atoms with Crippen LogP contribution < -0.4 is 5.32 Å². The number of nitrogens with one attached hydrogen (secondary N) is 1. The molecule has 126 valence electrons. The maximum atomic E-state index is 12.8. The third-order valence-corrected chi connectivity index (χ3v) is 4.97. The van der Waals surface area contributed by atoms with Crippen LogP contribution in [0.5, 0.6) is 0 Å². The maximum absolute atomic E-state index is 12.8. The van der Waals surface area contributed by atoms with Crippen LogP contribution in [0, 0.1) is 0 Å². The number of carbonyl (C=O) groups is 2. The molecule has 2 aliphatic heterocycles. The molecule has 2 fully saturated rings. The summed E-state index contributed by atoms with van der Waals surface area (Å²) >= 11 is 0. The molecule has 6 heteroatoms. The van der Waals surface area contributed by atoms with E-state index in [1.165, 1.54) is 13.3 Å². The molecule has 2 saturated heterocycles. The standard InChI is InChI=1S/C17H25N3O3/c1-12(21)18-11-13-7-8-16(23-13)17(22)20-10-4-6-15(20)14-5-3-9-19(14)2/h7-8,14-15H,3-6,9-11H2,1-2H3,(H,18,21). The van der Waals surface area contributed by atoms with Crippen molar-refractivity contribution in [1.29, 1.82) is 0 Å². The van der Waals surface area contributed by atoms with Crippen LogP contribution in [0.15, 0.2) is 16.5 Å². The average molecular weight is 319 g/mol. The van der Waals surface area contributed by atoms with Gasteiger partial charge < -0.3 is 19.5 Å². The maximum Gasteiger partial charge on any atom is 0.289 e. The first kappa shape index (κ1) is 16.1. The lowest BCUT2D eigenvalue weighted by Crippen LogP contribution is -2.47. The highest BCUT2D eigenvalue weighted by Crippen LogP contribution is 2.30. The van der Waals surface area contributed by atoms with Gasteiger partial charge in [-0.05, 0) is 51.4 Å². The van der Waals surface area contributed by atoms with Crippen molar-refractivity contribution in [2.75, 3.05) is 20.1 Å². The Labute approximate surface area is 136 Å². The van der Waals surface area contributed by atoms with Gasteiger partial charge in [0.25, 0.3) is 5.91 Å². The van der Waals surface area contributed by atoms with Crippen LogP contribution >= 0.6 is 0 Å². The van der Waals surface area contributed by atoms with E-state index in [4.69, 9.17) is 4.42 Å². The highest BCUT2D eigenvalue weighted by atomic mass is 16.4. The van der Waals surface area contributed by atoms with Gasteiger partial charge in [0.2, 0.25) is 5.91 Å². The van der Waals surface area contributed by atoms with Crippen LogP contribution in [0.2, 0.25) is 0 Å². The highest BCUT2D eigenvalue weighted by molar-refractivity contribution is 5.92. The molecule has 0 aliphatic carbocycles. The Hall–Kier alpha value is -1.82. The van der Waals surface area contributed by atoms with E-state index in [2.05, 4.69) is 17.3 Å². The Morgan fingerprint density at radius 2 is 1.96 bits per heavy atom. The zero-order valence-electron chi connectivity index (χ0n) is 13.9. The topological polar surface area (TPSA) is 65.8 Å². The summed E-state index contributed by atoms with van der Waals surface area (Å²) in [6.45, 7) is 3.69. The summed E-state index contributed by atoms with van der Waals surface area (Å²) in [5, 5.41) is 2.68. The Morgan fingerprint density at radius 1 is 1.22 bits per heavy atom. The number of likely N-dealkylation sites (N-methyl/N-ethyl adjacent to an activating group) is 1. The molecule has 1 N–H and O–H groups in total. The third kappa shape index (κ3) is 3.42. The molecule has 0 bridgehead atoms. The van der Waals surface area contributed by atoms with Crippen molar-refractivity contribution in [3.8, 4) is 0 Å². The number of rotatable bonds is 4. The van der Waals surface area contributed by atoms with E-state index in [9.17, 15) is 9.59 Å². The molecule has 23 heavy (non-hydrogen) atoms. The van der Waals surface area contributed by atoms with Gasteiger partial charge in [0.15, 0.2) is 5.76 Å². The first-order chi connectivity index (χ1) is 11.1. The molecule has 2 amide bonds.